The van der Waals surface area contributed by atoms with Gasteiger partial charge in [-0.25, -0.2) is 0 Å². The van der Waals surface area contributed by atoms with Gasteiger partial charge in [0, 0.05) is 37.3 Å². The lowest BCUT2D eigenvalue weighted by atomic mass is 10.0. The number of likely N-dealkylation sites (tertiary alicyclic amines) is 2. The van der Waals surface area contributed by atoms with Crippen molar-refractivity contribution in [3.05, 3.63) is 17.5 Å². The molecule has 1 aromatic rings. The van der Waals surface area contributed by atoms with Crippen LogP contribution in [-0.4, -0.2) is 52.1 Å². The third-order valence-corrected chi connectivity index (χ3v) is 4.96. The van der Waals surface area contributed by atoms with Gasteiger partial charge >= 0.3 is 0 Å². The predicted molar refractivity (Wildman–Crippen MR) is 80.2 cm³/mol. The molecule has 0 radical (unpaired) electrons. The number of hydrogen-bond donors (Lipinski definition) is 0. The Morgan fingerprint density at radius 3 is 2.62 bits per heavy atom. The van der Waals surface area contributed by atoms with Crippen LogP contribution in [0.4, 0.5) is 0 Å². The zero-order chi connectivity index (χ0) is 15.0. The summed E-state index contributed by atoms with van der Waals surface area (Å²) in [5.74, 6) is 0.357. The second-order valence-electron chi connectivity index (χ2n) is 6.60. The van der Waals surface area contributed by atoms with Gasteiger partial charge in [0.25, 0.3) is 5.91 Å². The number of hydrogen-bond acceptors (Lipinski definition) is 4. The molecule has 5 nitrogen and oxygen atoms in total. The van der Waals surface area contributed by atoms with E-state index in [1.54, 1.807) is 6.07 Å². The summed E-state index contributed by atoms with van der Waals surface area (Å²) in [7, 11) is 0. The SMILES string of the molecule is Cc1cc(C(=O)N2CCC[C@H](N3[C@H](C)CC[C@@H]3C)C2)on1. The van der Waals surface area contributed by atoms with Gasteiger partial charge in [0.15, 0.2) is 0 Å². The molecule has 0 unspecified atom stereocenters. The van der Waals surface area contributed by atoms with Gasteiger partial charge in [0.2, 0.25) is 5.76 Å². The quantitative estimate of drug-likeness (QED) is 0.840. The molecule has 1 amide bonds. The summed E-state index contributed by atoms with van der Waals surface area (Å²) in [4.78, 5) is 17.1. The van der Waals surface area contributed by atoms with E-state index in [1.807, 2.05) is 11.8 Å². The highest BCUT2D eigenvalue weighted by Gasteiger charge is 2.36. The lowest BCUT2D eigenvalue weighted by Gasteiger charge is -2.41. The Balaban J connectivity index is 1.69. The maximum Gasteiger partial charge on any atom is 0.292 e. The number of carbonyl (C=O) groups excluding carboxylic acids is 1. The number of nitrogens with zero attached hydrogens (tertiary/aromatic N) is 3. The minimum atomic E-state index is -0.0141. The van der Waals surface area contributed by atoms with E-state index < -0.39 is 0 Å². The first-order valence-corrected chi connectivity index (χ1v) is 8.06. The van der Waals surface area contributed by atoms with Crippen LogP contribution < -0.4 is 0 Å². The van der Waals surface area contributed by atoms with Crippen molar-refractivity contribution >= 4 is 5.91 Å². The summed E-state index contributed by atoms with van der Waals surface area (Å²) < 4.78 is 5.13. The van der Waals surface area contributed by atoms with Crippen LogP contribution >= 0.6 is 0 Å². The van der Waals surface area contributed by atoms with Gasteiger partial charge in [0.1, 0.15) is 0 Å². The van der Waals surface area contributed by atoms with E-state index in [2.05, 4.69) is 23.9 Å². The van der Waals surface area contributed by atoms with Crippen molar-refractivity contribution in [3.8, 4) is 0 Å². The first-order valence-electron chi connectivity index (χ1n) is 8.06. The molecule has 0 bridgehead atoms. The zero-order valence-corrected chi connectivity index (χ0v) is 13.2. The fourth-order valence-electron chi connectivity index (χ4n) is 3.94. The Hall–Kier alpha value is -1.36. The number of aryl methyl sites for hydroxylation is 1. The Labute approximate surface area is 126 Å². The van der Waals surface area contributed by atoms with Crippen LogP contribution in [0.15, 0.2) is 10.6 Å². The molecule has 2 saturated heterocycles. The molecule has 0 aromatic carbocycles. The summed E-state index contributed by atoms with van der Waals surface area (Å²) in [6.07, 6.45) is 4.80. The average Bonchev–Trinajstić information content (AvgIpc) is 3.04. The van der Waals surface area contributed by atoms with Crippen molar-refractivity contribution in [1.82, 2.24) is 15.0 Å². The monoisotopic (exact) mass is 291 g/mol. The summed E-state index contributed by atoms with van der Waals surface area (Å²) in [6.45, 7) is 8.10. The van der Waals surface area contributed by atoms with Crippen molar-refractivity contribution in [2.24, 2.45) is 0 Å². The largest absolute Gasteiger partial charge is 0.351 e. The van der Waals surface area contributed by atoms with Crippen LogP contribution in [0.3, 0.4) is 0 Å². The van der Waals surface area contributed by atoms with Crippen molar-refractivity contribution in [3.63, 3.8) is 0 Å². The molecule has 5 heteroatoms. The van der Waals surface area contributed by atoms with E-state index >= 15 is 0 Å². The highest BCUT2D eigenvalue weighted by atomic mass is 16.5. The third-order valence-electron chi connectivity index (χ3n) is 4.96. The maximum atomic E-state index is 12.5. The minimum Gasteiger partial charge on any atom is -0.351 e. The number of amides is 1. The molecular weight excluding hydrogens is 266 g/mol. The molecule has 0 aliphatic carbocycles. The zero-order valence-electron chi connectivity index (χ0n) is 13.2. The highest BCUT2D eigenvalue weighted by molar-refractivity contribution is 5.91. The minimum absolute atomic E-state index is 0.0141. The van der Waals surface area contributed by atoms with Gasteiger partial charge in [-0.05, 0) is 46.5 Å². The van der Waals surface area contributed by atoms with Crippen LogP contribution in [0.25, 0.3) is 0 Å². The Kier molecular flexibility index (Phi) is 4.02. The van der Waals surface area contributed by atoms with Gasteiger partial charge < -0.3 is 9.42 Å². The summed E-state index contributed by atoms with van der Waals surface area (Å²) in [5.41, 5.74) is 0.758. The molecule has 3 atom stereocenters. The highest BCUT2D eigenvalue weighted by Crippen LogP contribution is 2.30. The van der Waals surface area contributed by atoms with Gasteiger partial charge in [0.05, 0.1) is 5.69 Å². The molecule has 0 N–H and O–H groups in total. The predicted octanol–water partition coefficient (Wildman–Crippen LogP) is 2.46. The molecule has 0 saturated carbocycles. The van der Waals surface area contributed by atoms with E-state index in [1.165, 1.54) is 19.3 Å². The molecule has 2 aliphatic heterocycles. The van der Waals surface area contributed by atoms with Crippen LogP contribution in [0.2, 0.25) is 0 Å². The number of rotatable bonds is 2. The summed E-state index contributed by atoms with van der Waals surface area (Å²) in [5, 5.41) is 3.82. The second kappa shape index (κ2) is 5.79. The summed E-state index contributed by atoms with van der Waals surface area (Å²) in [6, 6.07) is 3.48. The molecule has 2 fully saturated rings. The summed E-state index contributed by atoms with van der Waals surface area (Å²) >= 11 is 0. The molecule has 1 aromatic heterocycles. The third kappa shape index (κ3) is 2.84. The van der Waals surface area contributed by atoms with Crippen LogP contribution in [0.1, 0.15) is 55.8 Å². The first-order chi connectivity index (χ1) is 10.1. The van der Waals surface area contributed by atoms with Crippen LogP contribution in [0, 0.1) is 6.92 Å². The van der Waals surface area contributed by atoms with Gasteiger partial charge in [-0.3, -0.25) is 9.69 Å². The lowest BCUT2D eigenvalue weighted by Crippen LogP contribution is -2.52. The number of aromatic nitrogens is 1. The first kappa shape index (κ1) is 14.6. The molecule has 2 aliphatic rings. The fraction of sp³-hybridized carbons (Fsp3) is 0.750. The molecule has 116 valence electrons. The number of piperidine rings is 1. The normalized spacial score (nSPS) is 30.8. The topological polar surface area (TPSA) is 49.6 Å². The second-order valence-corrected chi connectivity index (χ2v) is 6.60. The van der Waals surface area contributed by atoms with Crippen molar-refractivity contribution < 1.29 is 9.32 Å². The van der Waals surface area contributed by atoms with Crippen molar-refractivity contribution in [2.45, 2.75) is 64.6 Å². The van der Waals surface area contributed by atoms with E-state index in [4.69, 9.17) is 4.52 Å². The Bertz CT molecular complexity index is 503. The van der Waals surface area contributed by atoms with E-state index in [9.17, 15) is 4.79 Å². The molecule has 21 heavy (non-hydrogen) atoms. The van der Waals surface area contributed by atoms with Gasteiger partial charge in [-0.1, -0.05) is 5.16 Å². The van der Waals surface area contributed by atoms with Crippen molar-refractivity contribution in [2.75, 3.05) is 13.1 Å². The van der Waals surface area contributed by atoms with Gasteiger partial charge in [-0.2, -0.15) is 0 Å². The van der Waals surface area contributed by atoms with Crippen LogP contribution in [0.5, 0.6) is 0 Å². The standard InChI is InChI=1S/C16H25N3O2/c1-11-9-15(21-17-11)16(20)18-8-4-5-14(10-18)19-12(2)6-7-13(19)3/h9,12-14H,4-8,10H2,1-3H3/t12-,13+,14-/m0/s1. The maximum absolute atomic E-state index is 12.5. The fourth-order valence-corrected chi connectivity index (χ4v) is 3.94. The van der Waals surface area contributed by atoms with E-state index in [0.717, 1.165) is 25.2 Å². The lowest BCUT2D eigenvalue weighted by molar-refractivity contribution is 0.0456. The Morgan fingerprint density at radius 2 is 2.00 bits per heavy atom. The van der Waals surface area contributed by atoms with E-state index in [0.29, 0.717) is 23.9 Å². The van der Waals surface area contributed by atoms with Crippen LogP contribution in [-0.2, 0) is 0 Å². The molecule has 0 spiro atoms. The van der Waals surface area contributed by atoms with E-state index in [-0.39, 0.29) is 5.91 Å². The smallest absolute Gasteiger partial charge is 0.292 e. The Morgan fingerprint density at radius 1 is 1.29 bits per heavy atom. The number of carbonyl (C=O) groups is 1. The molecular formula is C16H25N3O2. The van der Waals surface area contributed by atoms with Gasteiger partial charge in [-0.15, -0.1) is 0 Å². The molecule has 3 heterocycles. The van der Waals surface area contributed by atoms with Crippen molar-refractivity contribution in [1.29, 1.82) is 0 Å². The average molecular weight is 291 g/mol. The molecule has 3 rings (SSSR count).